The van der Waals surface area contributed by atoms with E-state index in [2.05, 4.69) is 25.5 Å². The zero-order chi connectivity index (χ0) is 15.1. The van der Waals surface area contributed by atoms with Crippen molar-refractivity contribution >= 4 is 22.5 Å². The standard InChI is InChI=1S/C15H16N6O/c16-14-6-13(19-9-4-10(22)5-9)15-12(20-14)3-8(7-17-15)11-1-2-18-21-11/h1-3,6-7,9-10,22H,4-5H2,(H,18,21)(H3,16,19,20). The molecule has 0 atom stereocenters. The van der Waals surface area contributed by atoms with Crippen molar-refractivity contribution in [3.8, 4) is 11.3 Å². The van der Waals surface area contributed by atoms with Crippen molar-refractivity contribution in [1.29, 1.82) is 0 Å². The third kappa shape index (κ3) is 2.25. The zero-order valence-electron chi connectivity index (χ0n) is 11.8. The van der Waals surface area contributed by atoms with Gasteiger partial charge in [-0.15, -0.1) is 0 Å². The average molecular weight is 296 g/mol. The van der Waals surface area contributed by atoms with E-state index in [1.54, 1.807) is 18.5 Å². The van der Waals surface area contributed by atoms with Crippen LogP contribution in [-0.2, 0) is 0 Å². The Bertz CT molecular complexity index is 810. The smallest absolute Gasteiger partial charge is 0.126 e. The molecule has 0 radical (unpaired) electrons. The summed E-state index contributed by atoms with van der Waals surface area (Å²) in [5.41, 5.74) is 10.1. The summed E-state index contributed by atoms with van der Waals surface area (Å²) >= 11 is 0. The Kier molecular flexibility index (Phi) is 2.93. The van der Waals surface area contributed by atoms with Crippen molar-refractivity contribution in [2.45, 2.75) is 25.0 Å². The van der Waals surface area contributed by atoms with Gasteiger partial charge in [0.2, 0.25) is 0 Å². The number of nitrogens with two attached hydrogens (primary N) is 1. The van der Waals surface area contributed by atoms with Crippen LogP contribution in [0.5, 0.6) is 0 Å². The highest BCUT2D eigenvalue weighted by atomic mass is 16.3. The molecule has 0 amide bonds. The fraction of sp³-hybridized carbons (Fsp3) is 0.267. The highest BCUT2D eigenvalue weighted by Gasteiger charge is 2.27. The van der Waals surface area contributed by atoms with E-state index in [9.17, 15) is 5.11 Å². The predicted octanol–water partition coefficient (Wildman–Crippen LogP) is 1.54. The van der Waals surface area contributed by atoms with E-state index in [0.717, 1.165) is 40.8 Å². The van der Waals surface area contributed by atoms with Gasteiger partial charge in [0.15, 0.2) is 0 Å². The number of anilines is 2. The average Bonchev–Trinajstić information content (AvgIpc) is 2.99. The van der Waals surface area contributed by atoms with Gasteiger partial charge in [-0.25, -0.2) is 4.98 Å². The largest absolute Gasteiger partial charge is 0.393 e. The second kappa shape index (κ2) is 4.96. The third-order valence-electron chi connectivity index (χ3n) is 3.95. The fourth-order valence-electron chi connectivity index (χ4n) is 2.73. The molecule has 0 bridgehead atoms. The number of H-pyrrole nitrogens is 1. The Labute approximate surface area is 126 Å². The highest BCUT2D eigenvalue weighted by Crippen LogP contribution is 2.30. The van der Waals surface area contributed by atoms with E-state index in [-0.39, 0.29) is 12.1 Å². The minimum Gasteiger partial charge on any atom is -0.393 e. The lowest BCUT2D eigenvalue weighted by Crippen LogP contribution is -2.39. The van der Waals surface area contributed by atoms with Gasteiger partial charge >= 0.3 is 0 Å². The van der Waals surface area contributed by atoms with Crippen LogP contribution in [0.25, 0.3) is 22.3 Å². The maximum absolute atomic E-state index is 9.40. The second-order valence-corrected chi connectivity index (χ2v) is 5.62. The number of hydrogen-bond acceptors (Lipinski definition) is 6. The lowest BCUT2D eigenvalue weighted by atomic mass is 9.89. The maximum atomic E-state index is 9.40. The van der Waals surface area contributed by atoms with Gasteiger partial charge in [0.25, 0.3) is 0 Å². The Morgan fingerprint density at radius 3 is 2.91 bits per heavy atom. The molecule has 0 unspecified atom stereocenters. The van der Waals surface area contributed by atoms with Gasteiger partial charge in [0.05, 0.1) is 23.0 Å². The summed E-state index contributed by atoms with van der Waals surface area (Å²) in [6.07, 6.45) is 4.77. The quantitative estimate of drug-likeness (QED) is 0.583. The molecule has 0 spiro atoms. The lowest BCUT2D eigenvalue weighted by Gasteiger charge is -2.33. The van der Waals surface area contributed by atoms with Crippen molar-refractivity contribution in [2.75, 3.05) is 11.1 Å². The van der Waals surface area contributed by atoms with Crippen molar-refractivity contribution in [3.63, 3.8) is 0 Å². The Hall–Kier alpha value is -2.67. The molecular formula is C15H16N6O. The second-order valence-electron chi connectivity index (χ2n) is 5.62. The molecule has 1 saturated carbocycles. The molecule has 7 heteroatoms. The fourth-order valence-corrected chi connectivity index (χ4v) is 2.73. The van der Waals surface area contributed by atoms with Gasteiger partial charge < -0.3 is 16.2 Å². The molecule has 3 aromatic rings. The number of aliphatic hydroxyl groups excluding tert-OH is 1. The first-order valence-corrected chi connectivity index (χ1v) is 7.19. The number of hydrogen-bond donors (Lipinski definition) is 4. The van der Waals surface area contributed by atoms with Gasteiger partial charge in [-0.2, -0.15) is 5.10 Å². The van der Waals surface area contributed by atoms with Gasteiger partial charge in [0, 0.05) is 30.1 Å². The molecule has 5 N–H and O–H groups in total. The summed E-state index contributed by atoms with van der Waals surface area (Å²) in [4.78, 5) is 8.88. The summed E-state index contributed by atoms with van der Waals surface area (Å²) in [6.45, 7) is 0. The number of fused-ring (bicyclic) bond motifs is 1. The van der Waals surface area contributed by atoms with Crippen LogP contribution in [-0.4, -0.2) is 37.4 Å². The molecule has 3 heterocycles. The summed E-state index contributed by atoms with van der Waals surface area (Å²) in [5, 5.41) is 19.6. The van der Waals surface area contributed by atoms with E-state index in [1.807, 2.05) is 12.1 Å². The summed E-state index contributed by atoms with van der Waals surface area (Å²) in [5.74, 6) is 0.443. The van der Waals surface area contributed by atoms with Crippen molar-refractivity contribution in [1.82, 2.24) is 20.2 Å². The number of nitrogens with one attached hydrogen (secondary N) is 2. The van der Waals surface area contributed by atoms with E-state index in [4.69, 9.17) is 5.73 Å². The van der Waals surface area contributed by atoms with E-state index >= 15 is 0 Å². The number of nitrogens with zero attached hydrogens (tertiary/aromatic N) is 3. The van der Waals surface area contributed by atoms with Gasteiger partial charge in [-0.3, -0.25) is 10.1 Å². The molecule has 4 rings (SSSR count). The predicted molar refractivity (Wildman–Crippen MR) is 84.2 cm³/mol. The van der Waals surface area contributed by atoms with Crippen LogP contribution in [0.2, 0.25) is 0 Å². The van der Waals surface area contributed by atoms with Crippen LogP contribution < -0.4 is 11.1 Å². The Morgan fingerprint density at radius 2 is 2.18 bits per heavy atom. The van der Waals surface area contributed by atoms with E-state index in [0.29, 0.717) is 5.82 Å². The SMILES string of the molecule is Nc1cc(NC2CC(O)C2)c2ncc(-c3ccn[nH]3)cc2n1. The molecule has 1 fully saturated rings. The molecule has 112 valence electrons. The minimum absolute atomic E-state index is 0.206. The summed E-state index contributed by atoms with van der Waals surface area (Å²) in [7, 11) is 0. The summed E-state index contributed by atoms with van der Waals surface area (Å²) < 4.78 is 0. The van der Waals surface area contributed by atoms with Gasteiger partial charge in [-0.05, 0) is 25.0 Å². The highest BCUT2D eigenvalue weighted by molar-refractivity contribution is 5.91. The molecule has 1 aliphatic rings. The molecule has 22 heavy (non-hydrogen) atoms. The molecule has 0 aromatic carbocycles. The number of pyridine rings is 2. The Balaban J connectivity index is 1.74. The maximum Gasteiger partial charge on any atom is 0.126 e. The number of nitrogen functional groups attached to an aromatic ring is 1. The number of aliphatic hydroxyl groups is 1. The van der Waals surface area contributed by atoms with Crippen molar-refractivity contribution in [3.05, 3.63) is 30.6 Å². The third-order valence-corrected chi connectivity index (χ3v) is 3.95. The van der Waals surface area contributed by atoms with Crippen LogP contribution in [0, 0.1) is 0 Å². The van der Waals surface area contributed by atoms with Gasteiger partial charge in [-0.1, -0.05) is 0 Å². The monoisotopic (exact) mass is 296 g/mol. The number of aromatic nitrogens is 4. The first-order chi connectivity index (χ1) is 10.7. The van der Waals surface area contributed by atoms with Gasteiger partial charge in [0.1, 0.15) is 11.3 Å². The van der Waals surface area contributed by atoms with Crippen LogP contribution in [0.3, 0.4) is 0 Å². The van der Waals surface area contributed by atoms with Crippen LogP contribution in [0.15, 0.2) is 30.6 Å². The van der Waals surface area contributed by atoms with Crippen molar-refractivity contribution in [2.24, 2.45) is 0 Å². The van der Waals surface area contributed by atoms with Crippen LogP contribution in [0.1, 0.15) is 12.8 Å². The molecule has 1 aliphatic carbocycles. The van der Waals surface area contributed by atoms with Crippen LogP contribution in [0.4, 0.5) is 11.5 Å². The molecule has 0 aliphatic heterocycles. The molecular weight excluding hydrogens is 280 g/mol. The van der Waals surface area contributed by atoms with E-state index in [1.165, 1.54) is 0 Å². The first kappa shape index (κ1) is 13.0. The Morgan fingerprint density at radius 1 is 1.32 bits per heavy atom. The lowest BCUT2D eigenvalue weighted by molar-refractivity contribution is 0.0837. The first-order valence-electron chi connectivity index (χ1n) is 7.19. The molecule has 7 nitrogen and oxygen atoms in total. The molecule has 0 saturated heterocycles. The topological polar surface area (TPSA) is 113 Å². The van der Waals surface area contributed by atoms with E-state index < -0.39 is 0 Å². The van der Waals surface area contributed by atoms with Crippen molar-refractivity contribution < 1.29 is 5.11 Å². The normalized spacial score (nSPS) is 20.8. The minimum atomic E-state index is -0.206. The number of rotatable bonds is 3. The molecule has 3 aromatic heterocycles. The number of aromatic amines is 1. The summed E-state index contributed by atoms with van der Waals surface area (Å²) in [6, 6.07) is 5.86. The van der Waals surface area contributed by atoms with Crippen LogP contribution >= 0.6 is 0 Å². The zero-order valence-corrected chi connectivity index (χ0v) is 11.8.